The van der Waals surface area contributed by atoms with Crippen molar-refractivity contribution in [1.82, 2.24) is 0 Å². The van der Waals surface area contributed by atoms with E-state index in [1.807, 2.05) is 25.1 Å². The SMILES string of the molecule is CCCCSCC(=O)Nc1ccc(C)cc1N. The van der Waals surface area contributed by atoms with Gasteiger partial charge in [0.1, 0.15) is 0 Å². The molecular weight excluding hydrogens is 232 g/mol. The number of rotatable bonds is 6. The Morgan fingerprint density at radius 3 is 2.88 bits per heavy atom. The molecule has 0 aromatic heterocycles. The molecule has 94 valence electrons. The summed E-state index contributed by atoms with van der Waals surface area (Å²) in [5.41, 5.74) is 8.25. The van der Waals surface area contributed by atoms with Gasteiger partial charge in [0.2, 0.25) is 5.91 Å². The molecule has 1 amide bonds. The maximum atomic E-state index is 11.6. The first kappa shape index (κ1) is 13.9. The standard InChI is InChI=1S/C13H20N2OS/c1-3-4-7-17-9-13(16)15-12-6-5-10(2)8-11(12)14/h5-6,8H,3-4,7,9,14H2,1-2H3,(H,15,16). The minimum atomic E-state index is 0.0154. The van der Waals surface area contributed by atoms with Crippen LogP contribution in [0.15, 0.2) is 18.2 Å². The number of nitrogens with two attached hydrogens (primary N) is 1. The molecule has 0 spiro atoms. The highest BCUT2D eigenvalue weighted by atomic mass is 32.2. The van der Waals surface area contributed by atoms with Crippen LogP contribution in [0.5, 0.6) is 0 Å². The van der Waals surface area contributed by atoms with Crippen LogP contribution in [0.3, 0.4) is 0 Å². The second-order valence-electron chi connectivity index (χ2n) is 4.05. The third-order valence-electron chi connectivity index (χ3n) is 2.36. The molecule has 0 aliphatic heterocycles. The number of hydrogen-bond acceptors (Lipinski definition) is 3. The average molecular weight is 252 g/mol. The molecule has 17 heavy (non-hydrogen) atoms. The minimum Gasteiger partial charge on any atom is -0.397 e. The van der Waals surface area contributed by atoms with Gasteiger partial charge in [0.05, 0.1) is 17.1 Å². The van der Waals surface area contributed by atoms with E-state index in [0.717, 1.165) is 17.7 Å². The quantitative estimate of drug-likeness (QED) is 0.604. The number of benzene rings is 1. The number of carbonyl (C=O) groups excluding carboxylic acids is 1. The lowest BCUT2D eigenvalue weighted by Gasteiger charge is -2.08. The van der Waals surface area contributed by atoms with Crippen molar-refractivity contribution < 1.29 is 4.79 Å². The average Bonchev–Trinajstić information content (AvgIpc) is 2.28. The second-order valence-corrected chi connectivity index (χ2v) is 5.15. The van der Waals surface area contributed by atoms with Crippen molar-refractivity contribution >= 4 is 29.0 Å². The van der Waals surface area contributed by atoms with Crippen LogP contribution in [0.1, 0.15) is 25.3 Å². The summed E-state index contributed by atoms with van der Waals surface area (Å²) in [4.78, 5) is 11.6. The molecule has 0 unspecified atom stereocenters. The van der Waals surface area contributed by atoms with Crippen LogP contribution in [0.2, 0.25) is 0 Å². The van der Waals surface area contributed by atoms with E-state index in [1.165, 1.54) is 6.42 Å². The Bertz CT molecular complexity index is 380. The lowest BCUT2D eigenvalue weighted by Crippen LogP contribution is -2.15. The zero-order valence-corrected chi connectivity index (χ0v) is 11.3. The first-order chi connectivity index (χ1) is 8.13. The molecule has 1 aromatic carbocycles. The molecule has 0 fully saturated rings. The predicted octanol–water partition coefficient (Wildman–Crippen LogP) is 3.05. The van der Waals surface area contributed by atoms with Gasteiger partial charge in [-0.2, -0.15) is 11.8 Å². The third-order valence-corrected chi connectivity index (χ3v) is 3.40. The number of aryl methyl sites for hydroxylation is 1. The van der Waals surface area contributed by atoms with Gasteiger partial charge in [0.15, 0.2) is 0 Å². The van der Waals surface area contributed by atoms with Crippen LogP contribution in [0.25, 0.3) is 0 Å². The van der Waals surface area contributed by atoms with Gasteiger partial charge >= 0.3 is 0 Å². The molecule has 1 aromatic rings. The van der Waals surface area contributed by atoms with Gasteiger partial charge in [0.25, 0.3) is 0 Å². The molecule has 0 radical (unpaired) electrons. The number of unbranched alkanes of at least 4 members (excludes halogenated alkanes) is 1. The van der Waals surface area contributed by atoms with E-state index >= 15 is 0 Å². The smallest absolute Gasteiger partial charge is 0.234 e. The number of nitrogen functional groups attached to an aromatic ring is 1. The van der Waals surface area contributed by atoms with Gasteiger partial charge in [0, 0.05) is 0 Å². The fourth-order valence-electron chi connectivity index (χ4n) is 1.39. The van der Waals surface area contributed by atoms with E-state index in [0.29, 0.717) is 17.1 Å². The van der Waals surface area contributed by atoms with Crippen molar-refractivity contribution in [3.05, 3.63) is 23.8 Å². The van der Waals surface area contributed by atoms with Gasteiger partial charge in [-0.3, -0.25) is 4.79 Å². The number of carbonyl (C=O) groups is 1. The van der Waals surface area contributed by atoms with Gasteiger partial charge in [-0.25, -0.2) is 0 Å². The summed E-state index contributed by atoms with van der Waals surface area (Å²) in [6.45, 7) is 4.12. The van der Waals surface area contributed by atoms with E-state index in [9.17, 15) is 4.79 Å². The van der Waals surface area contributed by atoms with Crippen molar-refractivity contribution in [3.8, 4) is 0 Å². The highest BCUT2D eigenvalue weighted by Crippen LogP contribution is 2.19. The highest BCUT2D eigenvalue weighted by Gasteiger charge is 2.05. The van der Waals surface area contributed by atoms with E-state index in [1.54, 1.807) is 11.8 Å². The number of amides is 1. The summed E-state index contributed by atoms with van der Waals surface area (Å²) in [5.74, 6) is 1.54. The first-order valence-corrected chi connectivity index (χ1v) is 7.02. The third kappa shape index (κ3) is 5.13. The van der Waals surface area contributed by atoms with Crippen molar-refractivity contribution in [2.45, 2.75) is 26.7 Å². The fraction of sp³-hybridized carbons (Fsp3) is 0.462. The summed E-state index contributed by atoms with van der Waals surface area (Å²) < 4.78 is 0. The molecule has 0 heterocycles. The van der Waals surface area contributed by atoms with Crippen LogP contribution >= 0.6 is 11.8 Å². The molecule has 0 saturated carbocycles. The number of hydrogen-bond donors (Lipinski definition) is 2. The maximum absolute atomic E-state index is 11.6. The zero-order chi connectivity index (χ0) is 12.7. The van der Waals surface area contributed by atoms with Gasteiger partial charge in [-0.05, 0) is 36.8 Å². The van der Waals surface area contributed by atoms with Crippen molar-refractivity contribution in [2.24, 2.45) is 0 Å². The second kappa shape index (κ2) is 7.22. The van der Waals surface area contributed by atoms with E-state index in [2.05, 4.69) is 12.2 Å². The molecular formula is C13H20N2OS. The molecule has 1 rings (SSSR count). The monoisotopic (exact) mass is 252 g/mol. The summed E-state index contributed by atoms with van der Waals surface area (Å²) in [6.07, 6.45) is 2.32. The maximum Gasteiger partial charge on any atom is 0.234 e. The Balaban J connectivity index is 2.40. The molecule has 0 aliphatic rings. The van der Waals surface area contributed by atoms with E-state index in [-0.39, 0.29) is 5.91 Å². The Hall–Kier alpha value is -1.16. The fourth-order valence-corrected chi connectivity index (χ4v) is 2.29. The number of anilines is 2. The molecule has 0 aliphatic carbocycles. The molecule has 0 atom stereocenters. The largest absolute Gasteiger partial charge is 0.397 e. The van der Waals surface area contributed by atoms with Gasteiger partial charge in [-0.1, -0.05) is 19.4 Å². The Kier molecular flexibility index (Phi) is 5.91. The first-order valence-electron chi connectivity index (χ1n) is 5.87. The summed E-state index contributed by atoms with van der Waals surface area (Å²) in [6, 6.07) is 5.65. The van der Waals surface area contributed by atoms with Gasteiger partial charge in [-0.15, -0.1) is 0 Å². The van der Waals surface area contributed by atoms with E-state index in [4.69, 9.17) is 5.73 Å². The van der Waals surface area contributed by atoms with Crippen molar-refractivity contribution in [3.63, 3.8) is 0 Å². The van der Waals surface area contributed by atoms with Crippen molar-refractivity contribution in [2.75, 3.05) is 22.6 Å². The molecule has 0 saturated heterocycles. The normalized spacial score (nSPS) is 10.2. The topological polar surface area (TPSA) is 55.1 Å². The molecule has 4 heteroatoms. The van der Waals surface area contributed by atoms with E-state index < -0.39 is 0 Å². The summed E-state index contributed by atoms with van der Waals surface area (Å²) >= 11 is 1.66. The summed E-state index contributed by atoms with van der Waals surface area (Å²) in [5, 5.41) is 2.83. The Morgan fingerprint density at radius 1 is 1.47 bits per heavy atom. The van der Waals surface area contributed by atoms with Crippen LogP contribution in [-0.4, -0.2) is 17.4 Å². The predicted molar refractivity (Wildman–Crippen MR) is 76.5 cm³/mol. The van der Waals surface area contributed by atoms with Crippen LogP contribution in [0, 0.1) is 6.92 Å². The molecule has 3 N–H and O–H groups in total. The van der Waals surface area contributed by atoms with Crippen molar-refractivity contribution in [1.29, 1.82) is 0 Å². The molecule has 3 nitrogen and oxygen atoms in total. The minimum absolute atomic E-state index is 0.0154. The Morgan fingerprint density at radius 2 is 2.24 bits per heavy atom. The summed E-state index contributed by atoms with van der Waals surface area (Å²) in [7, 11) is 0. The highest BCUT2D eigenvalue weighted by molar-refractivity contribution is 7.99. The van der Waals surface area contributed by atoms with Crippen LogP contribution < -0.4 is 11.1 Å². The zero-order valence-electron chi connectivity index (χ0n) is 10.5. The lowest BCUT2D eigenvalue weighted by molar-refractivity contribution is -0.113. The van der Waals surface area contributed by atoms with Crippen LogP contribution in [-0.2, 0) is 4.79 Å². The van der Waals surface area contributed by atoms with Crippen LogP contribution in [0.4, 0.5) is 11.4 Å². The Labute approximate surface area is 107 Å². The number of thioether (sulfide) groups is 1. The van der Waals surface area contributed by atoms with Gasteiger partial charge < -0.3 is 11.1 Å². The molecule has 0 bridgehead atoms. The number of nitrogens with one attached hydrogen (secondary N) is 1. The lowest BCUT2D eigenvalue weighted by atomic mass is 10.2.